The normalized spacial score (nSPS) is 11.7. The van der Waals surface area contributed by atoms with Crippen LogP contribution in [0.15, 0.2) is 52.9 Å². The van der Waals surface area contributed by atoms with E-state index in [0.29, 0.717) is 17.3 Å². The summed E-state index contributed by atoms with van der Waals surface area (Å²) in [6.07, 6.45) is -0.0290. The first kappa shape index (κ1) is 17.4. The Balaban J connectivity index is 0.000000229. The molecule has 0 aliphatic rings. The Morgan fingerprint density at radius 1 is 1.04 bits per heavy atom. The van der Waals surface area contributed by atoms with Gasteiger partial charge >= 0.3 is 0 Å². The first-order valence-corrected chi connectivity index (χ1v) is 7.96. The molecule has 3 aromatic rings. The third kappa shape index (κ3) is 4.75. The fraction of sp³-hybridized carbons (Fsp3) is 0.263. The van der Waals surface area contributed by atoms with E-state index in [2.05, 4.69) is 0 Å². The number of rotatable bonds is 3. The topological polar surface area (TPSA) is 48.4 Å². The number of aryl methyl sites for hydroxylation is 2. The van der Waals surface area contributed by atoms with Crippen LogP contribution in [0, 0.1) is 13.8 Å². The van der Waals surface area contributed by atoms with Crippen molar-refractivity contribution in [1.82, 2.24) is 0 Å². The fourth-order valence-electron chi connectivity index (χ4n) is 2.13. The monoisotopic (exact) mass is 331 g/mol. The van der Waals surface area contributed by atoms with E-state index in [0.717, 1.165) is 22.3 Å². The average molecular weight is 332 g/mol. The molecule has 2 aromatic carbocycles. The number of hydrogen-bond donors (Lipinski definition) is 1. The Kier molecular flexibility index (Phi) is 6.08. The van der Waals surface area contributed by atoms with Crippen LogP contribution in [0.5, 0.6) is 5.75 Å². The third-order valence-corrected chi connectivity index (χ3v) is 3.75. The molecule has 1 unspecified atom stereocenters. The van der Waals surface area contributed by atoms with E-state index in [1.54, 1.807) is 0 Å². The van der Waals surface area contributed by atoms with E-state index in [9.17, 15) is 0 Å². The van der Waals surface area contributed by atoms with Gasteiger partial charge in [-0.15, -0.1) is 0 Å². The minimum absolute atomic E-state index is 0.0290. The standard InChI is InChI=1S/C13H14ClNO.C6H8O/c1-9(8-15)16-12-7-6-10-4-2-3-5-11(10)13(12)14;1-5-3-4-6(2)7-5/h2-7,9H,8,15H2,1H3;3-4H,1-2H3. The maximum Gasteiger partial charge on any atom is 0.139 e. The summed E-state index contributed by atoms with van der Waals surface area (Å²) in [5.41, 5.74) is 5.51. The molecule has 1 heterocycles. The van der Waals surface area contributed by atoms with E-state index < -0.39 is 0 Å². The minimum atomic E-state index is -0.0290. The van der Waals surface area contributed by atoms with E-state index in [1.807, 2.05) is 69.3 Å². The number of ether oxygens (including phenoxy) is 1. The molecule has 3 rings (SSSR count). The summed E-state index contributed by atoms with van der Waals surface area (Å²) in [6.45, 7) is 6.27. The molecular weight excluding hydrogens is 310 g/mol. The summed E-state index contributed by atoms with van der Waals surface area (Å²) in [5.74, 6) is 2.66. The summed E-state index contributed by atoms with van der Waals surface area (Å²) in [6, 6.07) is 15.8. The smallest absolute Gasteiger partial charge is 0.139 e. The lowest BCUT2D eigenvalue weighted by Gasteiger charge is -2.14. The molecule has 0 bridgehead atoms. The Bertz CT molecular complexity index is 750. The van der Waals surface area contributed by atoms with Crippen molar-refractivity contribution in [1.29, 1.82) is 0 Å². The molecule has 1 aromatic heterocycles. The summed E-state index contributed by atoms with van der Waals surface area (Å²) in [4.78, 5) is 0. The highest BCUT2D eigenvalue weighted by Gasteiger charge is 2.08. The second kappa shape index (κ2) is 8.04. The van der Waals surface area contributed by atoms with Crippen LogP contribution in [0.1, 0.15) is 18.4 Å². The SMILES string of the molecule is CC(CN)Oc1ccc2ccccc2c1Cl.Cc1ccc(C)o1. The molecule has 0 saturated carbocycles. The zero-order valence-corrected chi connectivity index (χ0v) is 14.4. The molecule has 0 aliphatic carbocycles. The highest BCUT2D eigenvalue weighted by molar-refractivity contribution is 6.37. The summed E-state index contributed by atoms with van der Waals surface area (Å²) < 4.78 is 10.7. The fourth-order valence-corrected chi connectivity index (χ4v) is 2.41. The van der Waals surface area contributed by atoms with Gasteiger partial charge in [-0.1, -0.05) is 41.9 Å². The van der Waals surface area contributed by atoms with Gasteiger partial charge in [-0.3, -0.25) is 0 Å². The van der Waals surface area contributed by atoms with Gasteiger partial charge in [-0.25, -0.2) is 0 Å². The van der Waals surface area contributed by atoms with Gasteiger partial charge < -0.3 is 14.9 Å². The Hall–Kier alpha value is -1.97. The van der Waals surface area contributed by atoms with Crippen LogP contribution in [0.2, 0.25) is 5.02 Å². The molecule has 4 heteroatoms. The Morgan fingerprint density at radius 2 is 1.70 bits per heavy atom. The van der Waals surface area contributed by atoms with E-state index in [-0.39, 0.29) is 6.10 Å². The van der Waals surface area contributed by atoms with E-state index >= 15 is 0 Å². The second-order valence-corrected chi connectivity index (χ2v) is 5.80. The van der Waals surface area contributed by atoms with Crippen molar-refractivity contribution < 1.29 is 9.15 Å². The largest absolute Gasteiger partial charge is 0.488 e. The molecule has 0 fully saturated rings. The van der Waals surface area contributed by atoms with Crippen LogP contribution in [0.4, 0.5) is 0 Å². The third-order valence-electron chi connectivity index (χ3n) is 3.36. The van der Waals surface area contributed by atoms with Crippen LogP contribution in [0.25, 0.3) is 10.8 Å². The van der Waals surface area contributed by atoms with Crippen LogP contribution < -0.4 is 10.5 Å². The number of halogens is 1. The predicted octanol–water partition coefficient (Wildman–Crippen LogP) is 5.12. The molecule has 23 heavy (non-hydrogen) atoms. The van der Waals surface area contributed by atoms with Gasteiger partial charge in [-0.05, 0) is 44.4 Å². The van der Waals surface area contributed by atoms with Gasteiger partial charge in [0.1, 0.15) is 23.4 Å². The first-order valence-electron chi connectivity index (χ1n) is 7.58. The molecule has 2 N–H and O–H groups in total. The predicted molar refractivity (Wildman–Crippen MR) is 96.3 cm³/mol. The molecule has 3 nitrogen and oxygen atoms in total. The zero-order valence-electron chi connectivity index (χ0n) is 13.7. The Labute approximate surface area is 142 Å². The highest BCUT2D eigenvalue weighted by atomic mass is 35.5. The van der Waals surface area contributed by atoms with Crippen molar-refractivity contribution in [3.63, 3.8) is 0 Å². The molecule has 0 spiro atoms. The Morgan fingerprint density at radius 3 is 2.26 bits per heavy atom. The van der Waals surface area contributed by atoms with E-state index in [4.69, 9.17) is 26.5 Å². The summed E-state index contributed by atoms with van der Waals surface area (Å²) >= 11 is 6.28. The minimum Gasteiger partial charge on any atom is -0.488 e. The van der Waals surface area contributed by atoms with Crippen molar-refractivity contribution in [2.24, 2.45) is 5.73 Å². The number of hydrogen-bond acceptors (Lipinski definition) is 3. The van der Waals surface area contributed by atoms with Gasteiger partial charge in [-0.2, -0.15) is 0 Å². The van der Waals surface area contributed by atoms with Crippen molar-refractivity contribution >= 4 is 22.4 Å². The maximum atomic E-state index is 6.28. The lowest BCUT2D eigenvalue weighted by Crippen LogP contribution is -2.22. The first-order chi connectivity index (χ1) is 11.0. The van der Waals surface area contributed by atoms with Crippen molar-refractivity contribution in [3.8, 4) is 5.75 Å². The zero-order chi connectivity index (χ0) is 16.8. The molecular formula is C19H22ClNO2. The number of nitrogens with two attached hydrogens (primary N) is 1. The van der Waals surface area contributed by atoms with Crippen molar-refractivity contribution in [3.05, 3.63) is 65.1 Å². The molecule has 1 atom stereocenters. The molecule has 0 radical (unpaired) electrons. The second-order valence-electron chi connectivity index (χ2n) is 5.42. The van der Waals surface area contributed by atoms with Crippen molar-refractivity contribution in [2.45, 2.75) is 26.9 Å². The lowest BCUT2D eigenvalue weighted by molar-refractivity contribution is 0.230. The van der Waals surface area contributed by atoms with Gasteiger partial charge in [0.25, 0.3) is 0 Å². The van der Waals surface area contributed by atoms with Crippen molar-refractivity contribution in [2.75, 3.05) is 6.54 Å². The van der Waals surface area contributed by atoms with Crippen LogP contribution >= 0.6 is 11.6 Å². The van der Waals surface area contributed by atoms with Gasteiger partial charge in [0.05, 0.1) is 5.02 Å². The quantitative estimate of drug-likeness (QED) is 0.725. The molecule has 0 aliphatic heterocycles. The van der Waals surface area contributed by atoms with Crippen LogP contribution in [-0.2, 0) is 0 Å². The summed E-state index contributed by atoms with van der Waals surface area (Å²) in [7, 11) is 0. The number of benzene rings is 2. The highest BCUT2D eigenvalue weighted by Crippen LogP contribution is 2.33. The van der Waals surface area contributed by atoms with Crippen LogP contribution in [0.3, 0.4) is 0 Å². The summed E-state index contributed by atoms with van der Waals surface area (Å²) in [5, 5.41) is 2.77. The molecule has 122 valence electrons. The van der Waals surface area contributed by atoms with Crippen LogP contribution in [-0.4, -0.2) is 12.6 Å². The van der Waals surface area contributed by atoms with Gasteiger partial charge in [0.2, 0.25) is 0 Å². The van der Waals surface area contributed by atoms with Gasteiger partial charge in [0, 0.05) is 11.9 Å². The lowest BCUT2D eigenvalue weighted by atomic mass is 10.1. The average Bonchev–Trinajstić information content (AvgIpc) is 2.94. The van der Waals surface area contributed by atoms with E-state index in [1.165, 1.54) is 0 Å². The molecule has 0 saturated heterocycles. The maximum absolute atomic E-state index is 6.28. The van der Waals surface area contributed by atoms with Gasteiger partial charge in [0.15, 0.2) is 0 Å². The number of fused-ring (bicyclic) bond motifs is 1. The number of furan rings is 1. The molecule has 0 amide bonds.